The average Bonchev–Trinajstić information content (AvgIpc) is 2.35. The zero-order valence-corrected chi connectivity index (χ0v) is 12.7. The van der Waals surface area contributed by atoms with E-state index in [4.69, 9.17) is 0 Å². The second kappa shape index (κ2) is 6.60. The summed E-state index contributed by atoms with van der Waals surface area (Å²) in [4.78, 5) is 0. The zero-order chi connectivity index (χ0) is 13.6. The molecule has 1 rings (SSSR count). The third-order valence-electron chi connectivity index (χ3n) is 3.14. The van der Waals surface area contributed by atoms with Gasteiger partial charge in [0.25, 0.3) is 0 Å². The third kappa shape index (κ3) is 4.30. The van der Waals surface area contributed by atoms with E-state index >= 15 is 0 Å². The number of rotatable bonds is 6. The van der Waals surface area contributed by atoms with Crippen molar-refractivity contribution in [3.05, 3.63) is 35.9 Å². The standard InChI is InChI=1S/C15H25NOS/c1-14(2,3)18-11-10-15(12-17,16-4)13-8-6-5-7-9-13/h5-9,16-17H,10-12H2,1-4H3. The van der Waals surface area contributed by atoms with Crippen LogP contribution in [0, 0.1) is 0 Å². The molecular formula is C15H25NOS. The molecule has 0 amide bonds. The van der Waals surface area contributed by atoms with E-state index < -0.39 is 0 Å². The maximum atomic E-state index is 9.79. The van der Waals surface area contributed by atoms with Gasteiger partial charge in [-0.05, 0) is 24.8 Å². The molecule has 0 saturated heterocycles. The molecule has 0 aliphatic heterocycles. The summed E-state index contributed by atoms with van der Waals surface area (Å²) in [5.41, 5.74) is 0.837. The third-order valence-corrected chi connectivity index (χ3v) is 4.41. The minimum absolute atomic E-state index is 0.123. The number of benzene rings is 1. The number of aliphatic hydroxyl groups excluding tert-OH is 1. The maximum absolute atomic E-state index is 9.79. The summed E-state index contributed by atoms with van der Waals surface area (Å²) in [5.74, 6) is 1.03. The number of hydrogen-bond donors (Lipinski definition) is 2. The van der Waals surface area contributed by atoms with Crippen molar-refractivity contribution in [1.82, 2.24) is 5.32 Å². The molecule has 1 atom stereocenters. The molecule has 2 N–H and O–H groups in total. The highest BCUT2D eigenvalue weighted by atomic mass is 32.2. The van der Waals surface area contributed by atoms with Crippen molar-refractivity contribution in [2.24, 2.45) is 0 Å². The topological polar surface area (TPSA) is 32.3 Å². The number of nitrogens with one attached hydrogen (secondary N) is 1. The fourth-order valence-corrected chi connectivity index (χ4v) is 3.01. The van der Waals surface area contributed by atoms with Crippen molar-refractivity contribution in [3.63, 3.8) is 0 Å². The molecule has 102 valence electrons. The Morgan fingerprint density at radius 2 is 1.78 bits per heavy atom. The first kappa shape index (κ1) is 15.5. The van der Waals surface area contributed by atoms with E-state index in [1.165, 1.54) is 0 Å². The molecule has 2 nitrogen and oxygen atoms in total. The van der Waals surface area contributed by atoms with E-state index in [9.17, 15) is 5.11 Å². The van der Waals surface area contributed by atoms with Gasteiger partial charge in [-0.25, -0.2) is 0 Å². The van der Waals surface area contributed by atoms with Crippen molar-refractivity contribution in [2.45, 2.75) is 37.5 Å². The summed E-state index contributed by atoms with van der Waals surface area (Å²) in [6, 6.07) is 10.2. The van der Waals surface area contributed by atoms with Crippen molar-refractivity contribution in [2.75, 3.05) is 19.4 Å². The normalized spacial score (nSPS) is 15.4. The van der Waals surface area contributed by atoms with Crippen molar-refractivity contribution in [1.29, 1.82) is 0 Å². The number of aliphatic hydroxyl groups is 1. The van der Waals surface area contributed by atoms with Crippen LogP contribution in [0.3, 0.4) is 0 Å². The first-order chi connectivity index (χ1) is 8.43. The Bertz CT molecular complexity index is 341. The molecule has 0 spiro atoms. The minimum atomic E-state index is -0.320. The molecule has 3 heteroatoms. The van der Waals surface area contributed by atoms with Gasteiger partial charge in [-0.3, -0.25) is 0 Å². The first-order valence-electron chi connectivity index (χ1n) is 6.43. The summed E-state index contributed by atoms with van der Waals surface area (Å²) >= 11 is 1.93. The molecule has 18 heavy (non-hydrogen) atoms. The summed E-state index contributed by atoms with van der Waals surface area (Å²) < 4.78 is 0.269. The highest BCUT2D eigenvalue weighted by Crippen LogP contribution is 2.30. The molecule has 0 fully saturated rings. The Morgan fingerprint density at radius 1 is 1.17 bits per heavy atom. The summed E-state index contributed by atoms with van der Waals surface area (Å²) in [6.07, 6.45) is 0.923. The molecule has 0 radical (unpaired) electrons. The van der Waals surface area contributed by atoms with Gasteiger partial charge in [-0.15, -0.1) is 0 Å². The summed E-state index contributed by atoms with van der Waals surface area (Å²) in [7, 11) is 1.92. The van der Waals surface area contributed by atoms with Gasteiger partial charge in [-0.1, -0.05) is 51.1 Å². The highest BCUT2D eigenvalue weighted by Gasteiger charge is 2.29. The lowest BCUT2D eigenvalue weighted by Gasteiger charge is -2.33. The summed E-state index contributed by atoms with van der Waals surface area (Å²) in [6.45, 7) is 6.79. The van der Waals surface area contributed by atoms with E-state index in [2.05, 4.69) is 38.2 Å². The molecular weight excluding hydrogens is 242 g/mol. The van der Waals surface area contributed by atoms with Gasteiger partial charge >= 0.3 is 0 Å². The average molecular weight is 267 g/mol. The van der Waals surface area contributed by atoms with Gasteiger partial charge in [0, 0.05) is 4.75 Å². The largest absolute Gasteiger partial charge is 0.394 e. The molecule has 0 aliphatic carbocycles. The highest BCUT2D eigenvalue weighted by molar-refractivity contribution is 8.00. The van der Waals surface area contributed by atoms with Crippen LogP contribution in [0.1, 0.15) is 32.8 Å². The van der Waals surface area contributed by atoms with Crippen LogP contribution in [0.25, 0.3) is 0 Å². The maximum Gasteiger partial charge on any atom is 0.0674 e. The Labute approximate surface area is 115 Å². The SMILES string of the molecule is CNC(CO)(CCSC(C)(C)C)c1ccccc1. The molecule has 0 bridgehead atoms. The molecule has 0 saturated carbocycles. The lowest BCUT2D eigenvalue weighted by Crippen LogP contribution is -2.44. The molecule has 1 unspecified atom stereocenters. The minimum Gasteiger partial charge on any atom is -0.394 e. The van der Waals surface area contributed by atoms with Crippen LogP contribution in [0.4, 0.5) is 0 Å². The van der Waals surface area contributed by atoms with Crippen LogP contribution in [0.15, 0.2) is 30.3 Å². The lowest BCUT2D eigenvalue weighted by atomic mass is 9.88. The predicted octanol–water partition coefficient (Wildman–Crippen LogP) is 3.02. The quantitative estimate of drug-likeness (QED) is 0.831. The Morgan fingerprint density at radius 3 is 2.22 bits per heavy atom. The van der Waals surface area contributed by atoms with Crippen LogP contribution in [-0.4, -0.2) is 29.3 Å². The van der Waals surface area contributed by atoms with E-state index in [0.717, 1.165) is 17.7 Å². The van der Waals surface area contributed by atoms with Crippen molar-refractivity contribution >= 4 is 11.8 Å². The van der Waals surface area contributed by atoms with Crippen LogP contribution in [0.5, 0.6) is 0 Å². The molecule has 1 aromatic carbocycles. The molecule has 0 aliphatic rings. The fraction of sp³-hybridized carbons (Fsp3) is 0.600. The van der Waals surface area contributed by atoms with Gasteiger partial charge in [0.05, 0.1) is 12.1 Å². The second-order valence-corrected chi connectivity index (χ2v) is 7.49. The van der Waals surface area contributed by atoms with E-state index in [1.54, 1.807) is 0 Å². The Balaban J connectivity index is 2.76. The fourth-order valence-electron chi connectivity index (χ4n) is 1.95. The van der Waals surface area contributed by atoms with Gasteiger partial charge in [0.15, 0.2) is 0 Å². The van der Waals surface area contributed by atoms with Gasteiger partial charge in [-0.2, -0.15) is 11.8 Å². The van der Waals surface area contributed by atoms with E-state index in [1.807, 2.05) is 37.0 Å². The molecule has 0 heterocycles. The summed E-state index contributed by atoms with van der Waals surface area (Å²) in [5, 5.41) is 13.1. The number of likely N-dealkylation sites (N-methyl/N-ethyl adjacent to an activating group) is 1. The van der Waals surface area contributed by atoms with Crippen molar-refractivity contribution in [3.8, 4) is 0 Å². The van der Waals surface area contributed by atoms with E-state index in [0.29, 0.717) is 0 Å². The zero-order valence-electron chi connectivity index (χ0n) is 11.9. The van der Waals surface area contributed by atoms with E-state index in [-0.39, 0.29) is 16.9 Å². The first-order valence-corrected chi connectivity index (χ1v) is 7.41. The molecule has 1 aromatic rings. The lowest BCUT2D eigenvalue weighted by molar-refractivity contribution is 0.165. The van der Waals surface area contributed by atoms with Crippen LogP contribution < -0.4 is 5.32 Å². The van der Waals surface area contributed by atoms with Gasteiger partial charge in [0.2, 0.25) is 0 Å². The van der Waals surface area contributed by atoms with Crippen LogP contribution >= 0.6 is 11.8 Å². The van der Waals surface area contributed by atoms with Crippen molar-refractivity contribution < 1.29 is 5.11 Å². The Hall–Kier alpha value is -0.510. The van der Waals surface area contributed by atoms with Gasteiger partial charge < -0.3 is 10.4 Å². The van der Waals surface area contributed by atoms with Crippen LogP contribution in [0.2, 0.25) is 0 Å². The Kier molecular flexibility index (Phi) is 5.70. The molecule has 0 aromatic heterocycles. The smallest absolute Gasteiger partial charge is 0.0674 e. The monoisotopic (exact) mass is 267 g/mol. The van der Waals surface area contributed by atoms with Gasteiger partial charge in [0.1, 0.15) is 0 Å². The second-order valence-electron chi connectivity index (χ2n) is 5.57. The number of hydrogen-bond acceptors (Lipinski definition) is 3. The number of thioether (sulfide) groups is 1. The predicted molar refractivity (Wildman–Crippen MR) is 81.1 cm³/mol. The van der Waals surface area contributed by atoms with Crippen LogP contribution in [-0.2, 0) is 5.54 Å².